The summed E-state index contributed by atoms with van der Waals surface area (Å²) in [5, 5.41) is 13.1. The Kier molecular flexibility index (Phi) is 8.59. The molecule has 0 amide bonds. The maximum absolute atomic E-state index is 9.72. The number of rotatable bonds is 11. The summed E-state index contributed by atoms with van der Waals surface area (Å²) in [6.07, 6.45) is 6.98. The molecule has 0 bridgehead atoms. The van der Waals surface area contributed by atoms with Crippen LogP contribution in [0.2, 0.25) is 0 Å². The van der Waals surface area contributed by atoms with Crippen molar-refractivity contribution in [3.05, 3.63) is 0 Å². The van der Waals surface area contributed by atoms with Gasteiger partial charge in [0.25, 0.3) is 0 Å². The first kappa shape index (κ1) is 15.9. The van der Waals surface area contributed by atoms with Crippen molar-refractivity contribution in [2.45, 2.75) is 63.7 Å². The molecule has 0 aromatic heterocycles. The molecule has 2 N–H and O–H groups in total. The number of aliphatic hydroxyl groups excluding tert-OH is 1. The smallest absolute Gasteiger partial charge is 0.0897 e. The average Bonchev–Trinajstić information content (AvgIpc) is 2.32. The molecule has 0 aromatic rings. The van der Waals surface area contributed by atoms with Gasteiger partial charge in [0.2, 0.25) is 0 Å². The molecule has 0 aromatic carbocycles. The molecule has 1 aliphatic rings. The quantitative estimate of drug-likeness (QED) is 0.555. The van der Waals surface area contributed by atoms with Crippen LogP contribution in [0.5, 0.6) is 0 Å². The van der Waals surface area contributed by atoms with E-state index >= 15 is 0 Å². The highest BCUT2D eigenvalue weighted by atomic mass is 16.5. The Balaban J connectivity index is 1.84. The van der Waals surface area contributed by atoms with Crippen molar-refractivity contribution < 1.29 is 14.6 Å². The fourth-order valence-corrected chi connectivity index (χ4v) is 2.14. The standard InChI is InChI=1S/C14H29NO3/c1-3-4-5-6-7-18-11-13(16)10-15-12-8-14(9-12)17-2/h12-16H,3-11H2,1-2H3. The van der Waals surface area contributed by atoms with Gasteiger partial charge in [-0.1, -0.05) is 26.2 Å². The van der Waals surface area contributed by atoms with Crippen LogP contribution in [0.15, 0.2) is 0 Å². The van der Waals surface area contributed by atoms with E-state index in [0.717, 1.165) is 25.9 Å². The van der Waals surface area contributed by atoms with Crippen LogP contribution in [0.4, 0.5) is 0 Å². The predicted molar refractivity (Wildman–Crippen MR) is 72.8 cm³/mol. The molecule has 1 atom stereocenters. The Morgan fingerprint density at radius 1 is 1.28 bits per heavy atom. The predicted octanol–water partition coefficient (Wildman–Crippen LogP) is 1.71. The van der Waals surface area contributed by atoms with E-state index in [2.05, 4.69) is 12.2 Å². The van der Waals surface area contributed by atoms with Crippen molar-refractivity contribution in [1.82, 2.24) is 5.32 Å². The maximum Gasteiger partial charge on any atom is 0.0897 e. The summed E-state index contributed by atoms with van der Waals surface area (Å²) in [5.41, 5.74) is 0. The van der Waals surface area contributed by atoms with Crippen LogP contribution in [-0.2, 0) is 9.47 Å². The van der Waals surface area contributed by atoms with Gasteiger partial charge < -0.3 is 19.9 Å². The monoisotopic (exact) mass is 259 g/mol. The summed E-state index contributed by atoms with van der Waals surface area (Å²) in [6, 6.07) is 0.508. The van der Waals surface area contributed by atoms with Gasteiger partial charge in [-0.05, 0) is 19.3 Å². The zero-order chi connectivity index (χ0) is 13.2. The Morgan fingerprint density at radius 3 is 2.72 bits per heavy atom. The van der Waals surface area contributed by atoms with Gasteiger partial charge in [-0.2, -0.15) is 0 Å². The van der Waals surface area contributed by atoms with Gasteiger partial charge in [0, 0.05) is 26.3 Å². The number of methoxy groups -OCH3 is 1. The molecule has 0 heterocycles. The number of ether oxygens (including phenoxy) is 2. The van der Waals surface area contributed by atoms with Gasteiger partial charge in [-0.15, -0.1) is 0 Å². The minimum Gasteiger partial charge on any atom is -0.389 e. The fraction of sp³-hybridized carbons (Fsp3) is 1.00. The van der Waals surface area contributed by atoms with E-state index in [1.165, 1.54) is 19.3 Å². The van der Waals surface area contributed by atoms with E-state index in [9.17, 15) is 5.11 Å². The summed E-state index contributed by atoms with van der Waals surface area (Å²) in [6.45, 7) is 4.03. The molecule has 0 saturated heterocycles. The summed E-state index contributed by atoms with van der Waals surface area (Å²) in [4.78, 5) is 0. The van der Waals surface area contributed by atoms with Crippen LogP contribution in [0, 0.1) is 0 Å². The molecule has 1 unspecified atom stereocenters. The van der Waals surface area contributed by atoms with E-state index < -0.39 is 6.10 Å². The first-order valence-corrected chi connectivity index (χ1v) is 7.28. The highest BCUT2D eigenvalue weighted by Crippen LogP contribution is 2.22. The fourth-order valence-electron chi connectivity index (χ4n) is 2.14. The van der Waals surface area contributed by atoms with Crippen LogP contribution in [-0.4, -0.2) is 50.2 Å². The maximum atomic E-state index is 9.72. The van der Waals surface area contributed by atoms with Crippen molar-refractivity contribution in [3.63, 3.8) is 0 Å². The largest absolute Gasteiger partial charge is 0.389 e. The molecule has 18 heavy (non-hydrogen) atoms. The Labute approximate surface area is 111 Å². The molecule has 108 valence electrons. The second-order valence-electron chi connectivity index (χ2n) is 5.22. The van der Waals surface area contributed by atoms with Gasteiger partial charge in [-0.25, -0.2) is 0 Å². The number of nitrogens with one attached hydrogen (secondary N) is 1. The molecule has 4 heteroatoms. The van der Waals surface area contributed by atoms with Gasteiger partial charge in [0.05, 0.1) is 18.8 Å². The van der Waals surface area contributed by atoms with Crippen LogP contribution < -0.4 is 5.32 Å². The number of unbranched alkanes of at least 4 members (excludes halogenated alkanes) is 3. The Morgan fingerprint density at radius 2 is 2.06 bits per heavy atom. The first-order valence-electron chi connectivity index (χ1n) is 7.28. The van der Waals surface area contributed by atoms with E-state index in [4.69, 9.17) is 9.47 Å². The number of hydrogen-bond acceptors (Lipinski definition) is 4. The zero-order valence-corrected chi connectivity index (χ0v) is 11.9. The van der Waals surface area contributed by atoms with Crippen LogP contribution in [0.1, 0.15) is 45.4 Å². The molecule has 1 saturated carbocycles. The molecule has 1 fully saturated rings. The zero-order valence-electron chi connectivity index (χ0n) is 11.9. The summed E-state index contributed by atoms with van der Waals surface area (Å²) >= 11 is 0. The van der Waals surface area contributed by atoms with Crippen LogP contribution >= 0.6 is 0 Å². The molecular weight excluding hydrogens is 230 g/mol. The SMILES string of the molecule is CCCCCCOCC(O)CNC1CC(OC)C1. The molecule has 1 aliphatic carbocycles. The molecule has 1 rings (SSSR count). The third kappa shape index (κ3) is 6.69. The topological polar surface area (TPSA) is 50.7 Å². The van der Waals surface area contributed by atoms with Gasteiger partial charge in [-0.3, -0.25) is 0 Å². The van der Waals surface area contributed by atoms with Crippen LogP contribution in [0.3, 0.4) is 0 Å². The number of hydrogen-bond donors (Lipinski definition) is 2. The Hall–Kier alpha value is -0.160. The first-order chi connectivity index (χ1) is 8.76. The lowest BCUT2D eigenvalue weighted by atomic mass is 9.89. The van der Waals surface area contributed by atoms with E-state index in [-0.39, 0.29) is 0 Å². The summed E-state index contributed by atoms with van der Waals surface area (Å²) in [5.74, 6) is 0. The molecule has 0 aliphatic heterocycles. The minimum atomic E-state index is -0.391. The second-order valence-corrected chi connectivity index (χ2v) is 5.22. The van der Waals surface area contributed by atoms with Crippen molar-refractivity contribution >= 4 is 0 Å². The lowest BCUT2D eigenvalue weighted by Crippen LogP contribution is -2.47. The molecule has 0 radical (unpaired) electrons. The highest BCUT2D eigenvalue weighted by Gasteiger charge is 2.28. The van der Waals surface area contributed by atoms with E-state index in [1.54, 1.807) is 7.11 Å². The third-order valence-corrected chi connectivity index (χ3v) is 3.52. The van der Waals surface area contributed by atoms with Crippen molar-refractivity contribution in [3.8, 4) is 0 Å². The second kappa shape index (κ2) is 9.73. The van der Waals surface area contributed by atoms with Crippen molar-refractivity contribution in [2.24, 2.45) is 0 Å². The van der Waals surface area contributed by atoms with E-state index in [0.29, 0.717) is 25.3 Å². The van der Waals surface area contributed by atoms with Crippen LogP contribution in [0.25, 0.3) is 0 Å². The van der Waals surface area contributed by atoms with E-state index in [1.807, 2.05) is 0 Å². The number of aliphatic hydroxyl groups is 1. The average molecular weight is 259 g/mol. The van der Waals surface area contributed by atoms with Crippen molar-refractivity contribution in [1.29, 1.82) is 0 Å². The molecule has 4 nitrogen and oxygen atoms in total. The third-order valence-electron chi connectivity index (χ3n) is 3.52. The Bertz CT molecular complexity index is 195. The summed E-state index contributed by atoms with van der Waals surface area (Å²) in [7, 11) is 1.75. The van der Waals surface area contributed by atoms with Gasteiger partial charge >= 0.3 is 0 Å². The highest BCUT2D eigenvalue weighted by molar-refractivity contribution is 4.86. The van der Waals surface area contributed by atoms with Gasteiger partial charge in [0.1, 0.15) is 0 Å². The molecular formula is C14H29NO3. The normalized spacial score (nSPS) is 24.8. The van der Waals surface area contributed by atoms with Crippen molar-refractivity contribution in [2.75, 3.05) is 26.9 Å². The van der Waals surface area contributed by atoms with Gasteiger partial charge in [0.15, 0.2) is 0 Å². The lowest BCUT2D eigenvalue weighted by Gasteiger charge is -2.35. The summed E-state index contributed by atoms with van der Waals surface area (Å²) < 4.78 is 10.7. The molecule has 0 spiro atoms. The lowest BCUT2D eigenvalue weighted by molar-refractivity contribution is 0.00406. The minimum absolute atomic E-state index is 0.391.